The summed E-state index contributed by atoms with van der Waals surface area (Å²) in [7, 11) is 0. The fourth-order valence-electron chi connectivity index (χ4n) is 1.47. The van der Waals surface area contributed by atoms with Gasteiger partial charge in [0.2, 0.25) is 11.8 Å². The van der Waals surface area contributed by atoms with Crippen molar-refractivity contribution < 1.29 is 9.84 Å². The highest BCUT2D eigenvalue weighted by atomic mass is 16.5. The largest absolute Gasteiger partial charge is 0.478 e. The molecule has 0 spiro atoms. The van der Waals surface area contributed by atoms with Crippen LogP contribution in [0.2, 0.25) is 0 Å². The van der Waals surface area contributed by atoms with Crippen LogP contribution in [0.15, 0.2) is 12.3 Å². The second-order valence-electron chi connectivity index (χ2n) is 4.16. The van der Waals surface area contributed by atoms with E-state index in [4.69, 9.17) is 9.84 Å². The smallest absolute Gasteiger partial charge is 0.226 e. The van der Waals surface area contributed by atoms with Crippen molar-refractivity contribution in [3.63, 3.8) is 0 Å². The molecule has 5 heteroatoms. The van der Waals surface area contributed by atoms with Gasteiger partial charge in [0.25, 0.3) is 0 Å². The molecule has 0 aliphatic carbocycles. The Balaban J connectivity index is 2.75. The van der Waals surface area contributed by atoms with Crippen molar-refractivity contribution in [1.82, 2.24) is 9.97 Å². The first-order valence-corrected chi connectivity index (χ1v) is 5.98. The van der Waals surface area contributed by atoms with Gasteiger partial charge in [0, 0.05) is 24.4 Å². The summed E-state index contributed by atoms with van der Waals surface area (Å²) in [6.07, 6.45) is 3.21. The first-order valence-electron chi connectivity index (χ1n) is 5.98. The van der Waals surface area contributed by atoms with Crippen molar-refractivity contribution in [3.05, 3.63) is 12.3 Å². The van der Waals surface area contributed by atoms with Crippen molar-refractivity contribution in [1.29, 1.82) is 0 Å². The molecule has 0 saturated carbocycles. The maximum atomic E-state index is 9.04. The highest BCUT2D eigenvalue weighted by Crippen LogP contribution is 2.20. The van der Waals surface area contributed by atoms with E-state index in [1.165, 1.54) is 0 Å². The van der Waals surface area contributed by atoms with Gasteiger partial charge in [-0.05, 0) is 26.7 Å². The SMILES string of the molecule is CCOc1ccnc(NC(C)(CC)CCO)n1. The number of nitrogens with zero attached hydrogens (tertiary/aromatic N) is 2. The van der Waals surface area contributed by atoms with Crippen LogP contribution in [0.5, 0.6) is 5.88 Å². The molecule has 0 aliphatic rings. The van der Waals surface area contributed by atoms with Crippen LogP contribution in [0.25, 0.3) is 0 Å². The van der Waals surface area contributed by atoms with E-state index < -0.39 is 0 Å². The highest BCUT2D eigenvalue weighted by molar-refractivity contribution is 5.31. The zero-order valence-corrected chi connectivity index (χ0v) is 10.7. The van der Waals surface area contributed by atoms with Gasteiger partial charge in [-0.2, -0.15) is 4.98 Å². The summed E-state index contributed by atoms with van der Waals surface area (Å²) in [5, 5.41) is 12.3. The van der Waals surface area contributed by atoms with E-state index in [0.29, 0.717) is 24.9 Å². The molecular weight excluding hydrogens is 218 g/mol. The Morgan fingerprint density at radius 3 is 2.82 bits per heavy atom. The Morgan fingerprint density at radius 2 is 2.24 bits per heavy atom. The van der Waals surface area contributed by atoms with Gasteiger partial charge in [-0.15, -0.1) is 0 Å². The number of aliphatic hydroxyl groups is 1. The minimum atomic E-state index is -0.195. The molecule has 0 radical (unpaired) electrons. The van der Waals surface area contributed by atoms with Crippen molar-refractivity contribution in [2.75, 3.05) is 18.5 Å². The third-order valence-electron chi connectivity index (χ3n) is 2.78. The molecule has 0 saturated heterocycles. The third kappa shape index (κ3) is 4.19. The van der Waals surface area contributed by atoms with Gasteiger partial charge >= 0.3 is 0 Å². The van der Waals surface area contributed by atoms with Gasteiger partial charge < -0.3 is 15.2 Å². The summed E-state index contributed by atoms with van der Waals surface area (Å²) in [5.41, 5.74) is -0.195. The van der Waals surface area contributed by atoms with Crippen molar-refractivity contribution >= 4 is 5.95 Å². The molecule has 5 nitrogen and oxygen atoms in total. The minimum Gasteiger partial charge on any atom is -0.478 e. The Kier molecular flexibility index (Phi) is 5.15. The highest BCUT2D eigenvalue weighted by Gasteiger charge is 2.22. The molecule has 17 heavy (non-hydrogen) atoms. The van der Waals surface area contributed by atoms with Gasteiger partial charge in [0.05, 0.1) is 6.61 Å². The maximum Gasteiger partial charge on any atom is 0.226 e. The number of aliphatic hydroxyl groups excluding tert-OH is 1. The summed E-state index contributed by atoms with van der Waals surface area (Å²) in [6.45, 7) is 6.74. The quantitative estimate of drug-likeness (QED) is 0.760. The van der Waals surface area contributed by atoms with Crippen molar-refractivity contribution in [3.8, 4) is 5.88 Å². The normalized spacial score (nSPS) is 14.1. The zero-order valence-electron chi connectivity index (χ0n) is 10.7. The zero-order chi connectivity index (χ0) is 12.7. The summed E-state index contributed by atoms with van der Waals surface area (Å²) in [4.78, 5) is 8.40. The number of anilines is 1. The molecule has 0 aliphatic heterocycles. The van der Waals surface area contributed by atoms with Gasteiger partial charge in [-0.1, -0.05) is 6.92 Å². The number of nitrogens with one attached hydrogen (secondary N) is 1. The van der Waals surface area contributed by atoms with Gasteiger partial charge in [-0.25, -0.2) is 4.98 Å². The maximum absolute atomic E-state index is 9.04. The summed E-state index contributed by atoms with van der Waals surface area (Å²) < 4.78 is 5.31. The lowest BCUT2D eigenvalue weighted by Gasteiger charge is -2.28. The van der Waals surface area contributed by atoms with Crippen LogP contribution >= 0.6 is 0 Å². The van der Waals surface area contributed by atoms with Gasteiger partial charge in [-0.3, -0.25) is 0 Å². The number of hydrogen-bond donors (Lipinski definition) is 2. The second kappa shape index (κ2) is 6.39. The van der Waals surface area contributed by atoms with Crippen LogP contribution in [0.1, 0.15) is 33.6 Å². The first-order chi connectivity index (χ1) is 8.13. The van der Waals surface area contributed by atoms with E-state index >= 15 is 0 Å². The second-order valence-corrected chi connectivity index (χ2v) is 4.16. The Labute approximate surface area is 102 Å². The van der Waals surface area contributed by atoms with Crippen molar-refractivity contribution in [2.45, 2.75) is 39.2 Å². The molecule has 1 heterocycles. The molecule has 1 aromatic rings. The summed E-state index contributed by atoms with van der Waals surface area (Å²) in [5.74, 6) is 1.10. The fourth-order valence-corrected chi connectivity index (χ4v) is 1.47. The standard InChI is InChI=1S/C12H21N3O2/c1-4-12(3,7-9-16)15-11-13-8-6-10(14-11)17-5-2/h6,8,16H,4-5,7,9H2,1-3H3,(H,13,14,15). The minimum absolute atomic E-state index is 0.141. The Bertz CT molecular complexity index is 346. The van der Waals surface area contributed by atoms with Crippen LogP contribution in [-0.2, 0) is 0 Å². The molecular formula is C12H21N3O2. The lowest BCUT2D eigenvalue weighted by Crippen LogP contribution is -2.35. The Hall–Kier alpha value is -1.36. The van der Waals surface area contributed by atoms with E-state index in [-0.39, 0.29) is 12.1 Å². The van der Waals surface area contributed by atoms with Crippen molar-refractivity contribution in [2.24, 2.45) is 0 Å². The molecule has 1 rings (SSSR count). The Morgan fingerprint density at radius 1 is 1.47 bits per heavy atom. The lowest BCUT2D eigenvalue weighted by molar-refractivity contribution is 0.251. The summed E-state index contributed by atoms with van der Waals surface area (Å²) in [6, 6.07) is 1.73. The predicted molar refractivity (Wildman–Crippen MR) is 67.2 cm³/mol. The molecule has 96 valence electrons. The number of aromatic nitrogens is 2. The van der Waals surface area contributed by atoms with E-state index in [0.717, 1.165) is 6.42 Å². The average molecular weight is 239 g/mol. The van der Waals surface area contributed by atoms with E-state index in [2.05, 4.69) is 22.2 Å². The van der Waals surface area contributed by atoms with E-state index in [1.54, 1.807) is 12.3 Å². The molecule has 0 fully saturated rings. The summed E-state index contributed by atoms with van der Waals surface area (Å²) >= 11 is 0. The lowest BCUT2D eigenvalue weighted by atomic mass is 9.95. The fraction of sp³-hybridized carbons (Fsp3) is 0.667. The van der Waals surface area contributed by atoms with Crippen LogP contribution in [0, 0.1) is 0 Å². The topological polar surface area (TPSA) is 67.3 Å². The first kappa shape index (κ1) is 13.7. The number of ether oxygens (including phenoxy) is 1. The average Bonchev–Trinajstić information content (AvgIpc) is 2.30. The molecule has 2 N–H and O–H groups in total. The van der Waals surface area contributed by atoms with Gasteiger partial charge in [0.15, 0.2) is 0 Å². The third-order valence-corrected chi connectivity index (χ3v) is 2.78. The number of hydrogen-bond acceptors (Lipinski definition) is 5. The molecule has 0 amide bonds. The van der Waals surface area contributed by atoms with Gasteiger partial charge in [0.1, 0.15) is 0 Å². The van der Waals surface area contributed by atoms with E-state index in [9.17, 15) is 0 Å². The van der Waals surface area contributed by atoms with Crippen LogP contribution in [-0.4, -0.2) is 33.8 Å². The van der Waals surface area contributed by atoms with Crippen LogP contribution in [0.4, 0.5) is 5.95 Å². The van der Waals surface area contributed by atoms with Crippen LogP contribution in [0.3, 0.4) is 0 Å². The molecule has 1 unspecified atom stereocenters. The molecule has 1 atom stereocenters. The molecule has 1 aromatic heterocycles. The predicted octanol–water partition coefficient (Wildman–Crippen LogP) is 1.84. The molecule has 0 aromatic carbocycles. The van der Waals surface area contributed by atoms with Crippen LogP contribution < -0.4 is 10.1 Å². The monoisotopic (exact) mass is 239 g/mol. The molecule has 0 bridgehead atoms. The number of rotatable bonds is 7. The van der Waals surface area contributed by atoms with E-state index in [1.807, 2.05) is 13.8 Å².